The topological polar surface area (TPSA) is 90.1 Å². The normalized spacial score (nSPS) is 19.9. The Morgan fingerprint density at radius 2 is 1.25 bits per heavy atom. The van der Waals surface area contributed by atoms with Gasteiger partial charge in [0.05, 0.1) is 35.9 Å². The van der Waals surface area contributed by atoms with Crippen molar-refractivity contribution in [1.82, 2.24) is 29.7 Å². The predicted molar refractivity (Wildman–Crippen MR) is 157 cm³/mol. The third-order valence-electron chi connectivity index (χ3n) is 7.95. The van der Waals surface area contributed by atoms with E-state index in [0.29, 0.717) is 12.6 Å². The zero-order valence-corrected chi connectivity index (χ0v) is 23.8. The first-order chi connectivity index (χ1) is 19.2. The number of H-pyrrole nitrogens is 2. The molecule has 6 rings (SSSR count). The van der Waals surface area contributed by atoms with Crippen molar-refractivity contribution in [3.63, 3.8) is 0 Å². The van der Waals surface area contributed by atoms with E-state index in [0.717, 1.165) is 71.1 Å². The maximum absolute atomic E-state index is 12.7. The third kappa shape index (κ3) is 5.41. The van der Waals surface area contributed by atoms with E-state index in [-0.39, 0.29) is 12.1 Å². The van der Waals surface area contributed by atoms with E-state index in [2.05, 4.69) is 80.4 Å². The molecule has 4 heterocycles. The monoisotopic (exact) mass is 538 g/mol. The van der Waals surface area contributed by atoms with Crippen LogP contribution in [0, 0.1) is 0 Å². The molecule has 0 saturated carbocycles. The van der Waals surface area contributed by atoms with Gasteiger partial charge in [0.15, 0.2) is 0 Å². The Morgan fingerprint density at radius 3 is 1.75 bits per heavy atom. The molecular formula is C32H38N6O2. The number of benzene rings is 2. The summed E-state index contributed by atoms with van der Waals surface area (Å²) in [4.78, 5) is 33.2. The fourth-order valence-corrected chi connectivity index (χ4v) is 5.84. The number of nitrogens with zero attached hydrogens (tertiary/aromatic N) is 4. The van der Waals surface area contributed by atoms with E-state index in [1.165, 1.54) is 6.42 Å². The lowest BCUT2D eigenvalue weighted by molar-refractivity contribution is 0.0218. The number of amides is 1. The second-order valence-corrected chi connectivity index (χ2v) is 12.0. The maximum Gasteiger partial charge on any atom is 0.410 e. The van der Waals surface area contributed by atoms with E-state index in [4.69, 9.17) is 4.74 Å². The van der Waals surface area contributed by atoms with E-state index in [1.807, 2.05) is 33.2 Å². The van der Waals surface area contributed by atoms with E-state index >= 15 is 0 Å². The minimum atomic E-state index is -0.518. The first-order valence-electron chi connectivity index (χ1n) is 14.3. The van der Waals surface area contributed by atoms with Crippen LogP contribution in [0.4, 0.5) is 4.79 Å². The van der Waals surface area contributed by atoms with E-state index in [9.17, 15) is 4.79 Å². The highest BCUT2D eigenvalue weighted by molar-refractivity contribution is 5.72. The molecule has 8 nitrogen and oxygen atoms in total. The summed E-state index contributed by atoms with van der Waals surface area (Å²) < 4.78 is 5.62. The summed E-state index contributed by atoms with van der Waals surface area (Å²) in [5.41, 5.74) is 5.99. The summed E-state index contributed by atoms with van der Waals surface area (Å²) in [7, 11) is 2.17. The molecule has 2 aromatic carbocycles. The van der Waals surface area contributed by atoms with E-state index < -0.39 is 5.60 Å². The highest BCUT2D eigenvalue weighted by atomic mass is 16.6. The molecule has 2 aliphatic heterocycles. The van der Waals surface area contributed by atoms with Gasteiger partial charge in [0.1, 0.15) is 17.2 Å². The van der Waals surface area contributed by atoms with Gasteiger partial charge in [0.25, 0.3) is 0 Å². The molecule has 208 valence electrons. The summed E-state index contributed by atoms with van der Waals surface area (Å²) >= 11 is 0. The lowest BCUT2D eigenvalue weighted by Gasteiger charge is -2.27. The zero-order chi connectivity index (χ0) is 27.9. The zero-order valence-electron chi connectivity index (χ0n) is 23.8. The summed E-state index contributed by atoms with van der Waals surface area (Å²) in [6.07, 6.45) is 7.71. The van der Waals surface area contributed by atoms with Crippen LogP contribution in [0.5, 0.6) is 0 Å². The largest absolute Gasteiger partial charge is 0.444 e. The Hall–Kier alpha value is -3.91. The molecule has 4 aromatic rings. The maximum atomic E-state index is 12.7. The number of carbonyl (C=O) groups excluding carboxylic acids is 1. The highest BCUT2D eigenvalue weighted by Gasteiger charge is 2.34. The van der Waals surface area contributed by atoms with Crippen molar-refractivity contribution >= 4 is 6.09 Å². The lowest BCUT2D eigenvalue weighted by atomic mass is 10.0. The van der Waals surface area contributed by atoms with Gasteiger partial charge >= 0.3 is 6.09 Å². The number of rotatable bonds is 5. The Kier molecular flexibility index (Phi) is 6.96. The van der Waals surface area contributed by atoms with Crippen LogP contribution < -0.4 is 0 Å². The fourth-order valence-electron chi connectivity index (χ4n) is 5.84. The first-order valence-corrected chi connectivity index (χ1v) is 14.3. The standard InChI is InChI=1S/C32H38N6O2/c1-32(2,3)40-31(39)38-18-6-8-28(38)30-34-20-26(36-30)24-15-11-22(12-16-24)21-9-13-23(14-10-21)25-19-33-29(35-25)27-7-5-17-37(27)4/h9-16,19-20,27-28H,5-8,17-18H2,1-4H3,(H,33,35)(H,34,36)/t27-,28-/m0/s1. The van der Waals surface area contributed by atoms with Crippen molar-refractivity contribution in [2.24, 2.45) is 0 Å². The van der Waals surface area contributed by atoms with Crippen molar-refractivity contribution in [1.29, 1.82) is 0 Å². The molecule has 0 unspecified atom stereocenters. The summed E-state index contributed by atoms with van der Waals surface area (Å²) in [6.45, 7) is 7.49. The van der Waals surface area contributed by atoms with Gasteiger partial charge < -0.3 is 14.7 Å². The number of imidazole rings is 2. The molecule has 2 atom stereocenters. The SMILES string of the molecule is CN1CCC[C@H]1c1ncc(-c2ccc(-c3ccc(-c4cnc([C@@H]5CCCN5C(=O)OC(C)(C)C)[nH]4)cc3)cc2)[nH]1. The molecule has 2 saturated heterocycles. The minimum absolute atomic E-state index is 0.0913. The van der Waals surface area contributed by atoms with E-state index in [1.54, 1.807) is 4.90 Å². The Morgan fingerprint density at radius 1 is 0.775 bits per heavy atom. The van der Waals surface area contributed by atoms with Crippen LogP contribution in [-0.2, 0) is 4.74 Å². The van der Waals surface area contributed by atoms with Gasteiger partial charge in [0.2, 0.25) is 0 Å². The Balaban J connectivity index is 1.13. The smallest absolute Gasteiger partial charge is 0.410 e. The number of nitrogens with one attached hydrogen (secondary N) is 2. The van der Waals surface area contributed by atoms with Crippen LogP contribution in [0.15, 0.2) is 60.9 Å². The molecule has 0 radical (unpaired) electrons. The van der Waals surface area contributed by atoms with Gasteiger partial charge in [-0.25, -0.2) is 14.8 Å². The number of hydrogen-bond acceptors (Lipinski definition) is 5. The molecule has 40 heavy (non-hydrogen) atoms. The van der Waals surface area contributed by atoms with Crippen LogP contribution in [-0.4, -0.2) is 61.6 Å². The first kappa shape index (κ1) is 26.3. The Labute approximate surface area is 235 Å². The van der Waals surface area contributed by atoms with Crippen LogP contribution in [0.3, 0.4) is 0 Å². The number of likely N-dealkylation sites (tertiary alicyclic amines) is 2. The number of aromatic amines is 2. The van der Waals surface area contributed by atoms with Crippen LogP contribution in [0.25, 0.3) is 33.6 Å². The average Bonchev–Trinajstić information content (AvgIpc) is 3.74. The van der Waals surface area contributed by atoms with Crippen LogP contribution >= 0.6 is 0 Å². The van der Waals surface area contributed by atoms with Gasteiger partial charge in [-0.2, -0.15) is 0 Å². The van der Waals surface area contributed by atoms with Gasteiger partial charge in [-0.3, -0.25) is 9.80 Å². The van der Waals surface area contributed by atoms with Gasteiger partial charge in [0, 0.05) is 6.54 Å². The minimum Gasteiger partial charge on any atom is -0.444 e. The van der Waals surface area contributed by atoms with Crippen molar-refractivity contribution in [3.8, 4) is 33.6 Å². The number of aromatic nitrogens is 4. The second kappa shape index (κ2) is 10.6. The molecular weight excluding hydrogens is 500 g/mol. The molecule has 0 spiro atoms. The molecule has 0 aliphatic carbocycles. The van der Waals surface area contributed by atoms with Crippen LogP contribution in [0.1, 0.15) is 70.2 Å². The molecule has 8 heteroatoms. The predicted octanol–water partition coefficient (Wildman–Crippen LogP) is 6.97. The Bertz CT molecular complexity index is 1460. The van der Waals surface area contributed by atoms with Crippen molar-refractivity contribution < 1.29 is 9.53 Å². The third-order valence-corrected chi connectivity index (χ3v) is 7.95. The summed E-state index contributed by atoms with van der Waals surface area (Å²) in [6, 6.07) is 17.4. The van der Waals surface area contributed by atoms with Crippen molar-refractivity contribution in [2.45, 2.75) is 64.1 Å². The lowest BCUT2D eigenvalue weighted by Crippen LogP contribution is -2.36. The highest BCUT2D eigenvalue weighted by Crippen LogP contribution is 2.34. The van der Waals surface area contributed by atoms with Gasteiger partial charge in [-0.05, 0) is 82.3 Å². The molecule has 2 aromatic heterocycles. The van der Waals surface area contributed by atoms with Crippen molar-refractivity contribution in [2.75, 3.05) is 20.1 Å². The average molecular weight is 539 g/mol. The van der Waals surface area contributed by atoms with Gasteiger partial charge in [-0.15, -0.1) is 0 Å². The molecule has 2 fully saturated rings. The number of carbonyl (C=O) groups is 1. The fraction of sp³-hybridized carbons (Fsp3) is 0.406. The summed E-state index contributed by atoms with van der Waals surface area (Å²) in [5, 5.41) is 0. The molecule has 2 aliphatic rings. The molecule has 1 amide bonds. The number of ether oxygens (including phenoxy) is 1. The summed E-state index contributed by atoms with van der Waals surface area (Å²) in [5.74, 6) is 1.86. The molecule has 2 N–H and O–H groups in total. The quantitative estimate of drug-likeness (QED) is 0.286. The van der Waals surface area contributed by atoms with Gasteiger partial charge in [-0.1, -0.05) is 48.5 Å². The van der Waals surface area contributed by atoms with Crippen LogP contribution in [0.2, 0.25) is 0 Å². The van der Waals surface area contributed by atoms with Crippen molar-refractivity contribution in [3.05, 3.63) is 72.6 Å². The second-order valence-electron chi connectivity index (χ2n) is 12.0. The molecule has 0 bridgehead atoms. The number of hydrogen-bond donors (Lipinski definition) is 2.